The SMILES string of the molecule is CC1(C)C=C[C-]=CC1.Cl.Cl.[Zr]. The third kappa shape index (κ3) is 7.31. The Hall–Kier alpha value is 0.943. The van der Waals surface area contributed by atoms with Crippen LogP contribution in [0.4, 0.5) is 0 Å². The van der Waals surface area contributed by atoms with Crippen LogP contribution in [0, 0.1) is 11.5 Å². The fourth-order valence-corrected chi connectivity index (χ4v) is 0.732. The number of rotatable bonds is 0. The second-order valence-corrected chi connectivity index (χ2v) is 2.90. The monoisotopic (exact) mass is 269 g/mol. The maximum atomic E-state index is 3.03. The van der Waals surface area contributed by atoms with E-state index >= 15 is 0 Å². The van der Waals surface area contributed by atoms with Crippen LogP contribution >= 0.6 is 24.8 Å². The molecule has 0 aliphatic heterocycles. The summed E-state index contributed by atoms with van der Waals surface area (Å²) in [5.74, 6) is 0. The first kappa shape index (κ1) is 17.9. The molecule has 0 N–H and O–H groups in total. The molecule has 0 nitrogen and oxygen atoms in total. The summed E-state index contributed by atoms with van der Waals surface area (Å²) in [7, 11) is 0. The molecular formula is C8H13Cl2Zr-. The van der Waals surface area contributed by atoms with E-state index in [1.54, 1.807) is 0 Å². The van der Waals surface area contributed by atoms with Gasteiger partial charge in [0.25, 0.3) is 0 Å². The van der Waals surface area contributed by atoms with Gasteiger partial charge < -0.3 is 0 Å². The van der Waals surface area contributed by atoms with Crippen LogP contribution in [0.2, 0.25) is 0 Å². The maximum Gasteiger partial charge on any atom is 0 e. The second kappa shape index (κ2) is 7.58. The Labute approximate surface area is 100 Å². The Balaban J connectivity index is -0.000000213. The zero-order valence-corrected chi connectivity index (χ0v) is 10.8. The van der Waals surface area contributed by atoms with E-state index in [0.29, 0.717) is 5.41 Å². The summed E-state index contributed by atoms with van der Waals surface area (Å²) in [6.45, 7) is 4.45. The second-order valence-electron chi connectivity index (χ2n) is 2.90. The first-order valence-electron chi connectivity index (χ1n) is 2.96. The molecule has 1 aliphatic rings. The minimum atomic E-state index is 0. The molecule has 0 atom stereocenters. The number of hydrogen-bond donors (Lipinski definition) is 0. The molecule has 64 valence electrons. The van der Waals surface area contributed by atoms with E-state index in [9.17, 15) is 0 Å². The van der Waals surface area contributed by atoms with Gasteiger partial charge in [-0.15, -0.1) is 24.8 Å². The van der Waals surface area contributed by atoms with Crippen LogP contribution in [0.5, 0.6) is 0 Å². The molecular weight excluding hydrogens is 258 g/mol. The summed E-state index contributed by atoms with van der Waals surface area (Å²) in [6, 6.07) is 0. The Morgan fingerprint density at radius 1 is 1.27 bits per heavy atom. The molecule has 0 aromatic rings. The molecule has 0 amide bonds. The average molecular weight is 271 g/mol. The van der Waals surface area contributed by atoms with Crippen molar-refractivity contribution in [1.29, 1.82) is 0 Å². The van der Waals surface area contributed by atoms with E-state index in [4.69, 9.17) is 0 Å². The van der Waals surface area contributed by atoms with Gasteiger partial charge in [-0.05, 0) is 0 Å². The van der Waals surface area contributed by atoms with Crippen LogP contribution in [0.3, 0.4) is 0 Å². The molecule has 1 rings (SSSR count). The Morgan fingerprint density at radius 3 is 2.00 bits per heavy atom. The maximum absolute atomic E-state index is 3.03. The van der Waals surface area contributed by atoms with E-state index in [-0.39, 0.29) is 51.0 Å². The van der Waals surface area contributed by atoms with Crippen molar-refractivity contribution in [2.75, 3.05) is 0 Å². The molecule has 11 heavy (non-hydrogen) atoms. The molecule has 0 bridgehead atoms. The Morgan fingerprint density at radius 2 is 1.82 bits per heavy atom. The van der Waals surface area contributed by atoms with Crippen molar-refractivity contribution in [1.82, 2.24) is 0 Å². The summed E-state index contributed by atoms with van der Waals surface area (Å²) < 4.78 is 0. The van der Waals surface area contributed by atoms with Gasteiger partial charge in [0.1, 0.15) is 0 Å². The molecule has 0 saturated heterocycles. The van der Waals surface area contributed by atoms with Crippen LogP contribution in [-0.2, 0) is 26.2 Å². The summed E-state index contributed by atoms with van der Waals surface area (Å²) >= 11 is 0. The predicted molar refractivity (Wildman–Crippen MR) is 49.8 cm³/mol. The normalized spacial score (nSPS) is 17.3. The van der Waals surface area contributed by atoms with Gasteiger partial charge in [-0.3, -0.25) is 6.08 Å². The summed E-state index contributed by atoms with van der Waals surface area (Å²) in [6.07, 6.45) is 10.4. The Kier molecular flexibility index (Phi) is 12.3. The molecule has 0 heterocycles. The van der Waals surface area contributed by atoms with E-state index in [1.165, 1.54) is 0 Å². The van der Waals surface area contributed by atoms with Gasteiger partial charge in [0.15, 0.2) is 0 Å². The molecule has 0 fully saturated rings. The van der Waals surface area contributed by atoms with E-state index in [1.807, 2.05) is 6.08 Å². The fourth-order valence-electron chi connectivity index (χ4n) is 0.732. The van der Waals surface area contributed by atoms with Crippen molar-refractivity contribution in [3.05, 3.63) is 24.3 Å². The minimum Gasteiger partial charge on any atom is -0.255 e. The number of allylic oxidation sites excluding steroid dienone is 4. The van der Waals surface area contributed by atoms with Crippen molar-refractivity contribution in [2.24, 2.45) is 5.41 Å². The third-order valence-electron chi connectivity index (χ3n) is 1.38. The van der Waals surface area contributed by atoms with Crippen LogP contribution in [0.1, 0.15) is 20.3 Å². The van der Waals surface area contributed by atoms with Crippen LogP contribution < -0.4 is 0 Å². The summed E-state index contributed by atoms with van der Waals surface area (Å²) in [4.78, 5) is 0. The molecule has 0 spiro atoms. The van der Waals surface area contributed by atoms with Crippen molar-refractivity contribution >= 4 is 24.8 Å². The van der Waals surface area contributed by atoms with Crippen molar-refractivity contribution in [3.63, 3.8) is 0 Å². The zero-order chi connectivity index (χ0) is 6.04. The van der Waals surface area contributed by atoms with Crippen LogP contribution in [-0.4, -0.2) is 0 Å². The average Bonchev–Trinajstić information content (AvgIpc) is 1.65. The molecule has 1 aliphatic carbocycles. The van der Waals surface area contributed by atoms with Crippen LogP contribution in [0.25, 0.3) is 0 Å². The van der Waals surface area contributed by atoms with Gasteiger partial charge in [-0.25, -0.2) is 12.2 Å². The van der Waals surface area contributed by atoms with Crippen molar-refractivity contribution in [2.45, 2.75) is 20.3 Å². The van der Waals surface area contributed by atoms with Gasteiger partial charge in [0, 0.05) is 26.2 Å². The summed E-state index contributed by atoms with van der Waals surface area (Å²) in [5, 5.41) is 0. The zero-order valence-electron chi connectivity index (χ0n) is 6.76. The van der Waals surface area contributed by atoms with Crippen LogP contribution in [0.15, 0.2) is 18.2 Å². The molecule has 0 saturated carbocycles. The van der Waals surface area contributed by atoms with Gasteiger partial charge >= 0.3 is 0 Å². The molecule has 0 radical (unpaired) electrons. The smallest absolute Gasteiger partial charge is 0 e. The first-order chi connectivity index (χ1) is 3.71. The molecule has 3 heteroatoms. The molecule has 0 unspecified atom stereocenters. The molecule has 0 aromatic heterocycles. The van der Waals surface area contributed by atoms with Crippen molar-refractivity contribution in [3.8, 4) is 0 Å². The standard InChI is InChI=1S/C8H11.2ClH.Zr/c1-8(2)6-4-3-5-7-8;;;/h4-6H,7H2,1-2H3;2*1H;/q-1;;;. The van der Waals surface area contributed by atoms with Gasteiger partial charge in [0.2, 0.25) is 0 Å². The van der Waals surface area contributed by atoms with Gasteiger partial charge in [0.05, 0.1) is 0 Å². The first-order valence-corrected chi connectivity index (χ1v) is 2.96. The van der Waals surface area contributed by atoms with Gasteiger partial charge in [-0.1, -0.05) is 25.7 Å². The largest absolute Gasteiger partial charge is 0.255 e. The fraction of sp³-hybridized carbons (Fsp3) is 0.500. The predicted octanol–water partition coefficient (Wildman–Crippen LogP) is 3.17. The quantitative estimate of drug-likeness (QED) is 0.594. The summed E-state index contributed by atoms with van der Waals surface area (Å²) in [5.41, 5.74) is 0.380. The van der Waals surface area contributed by atoms with Crippen molar-refractivity contribution < 1.29 is 26.2 Å². The van der Waals surface area contributed by atoms with E-state index < -0.39 is 0 Å². The van der Waals surface area contributed by atoms with Gasteiger partial charge in [-0.2, -0.15) is 6.08 Å². The molecule has 0 aromatic carbocycles. The van der Waals surface area contributed by atoms with E-state index in [2.05, 4.69) is 32.1 Å². The minimum absolute atomic E-state index is 0. The van der Waals surface area contributed by atoms with E-state index in [0.717, 1.165) is 6.42 Å². The number of hydrogen-bond acceptors (Lipinski definition) is 0. The number of halogens is 2. The topological polar surface area (TPSA) is 0 Å². The Bertz CT molecular complexity index is 139. The third-order valence-corrected chi connectivity index (χ3v) is 1.38.